The molecule has 2 heterocycles. The van der Waals surface area contributed by atoms with E-state index < -0.39 is 10.0 Å². The molecular formula is C15H19N3O4S. The van der Waals surface area contributed by atoms with Crippen molar-refractivity contribution in [1.82, 2.24) is 14.5 Å². The minimum absolute atomic E-state index is 0.110. The lowest BCUT2D eigenvalue weighted by atomic mass is 10.1. The van der Waals surface area contributed by atoms with E-state index in [0.29, 0.717) is 13.0 Å². The van der Waals surface area contributed by atoms with Gasteiger partial charge in [-0.1, -0.05) is 18.2 Å². The molecule has 2 atom stereocenters. The topological polar surface area (TPSA) is 86.8 Å². The van der Waals surface area contributed by atoms with Crippen molar-refractivity contribution in [3.05, 3.63) is 30.3 Å². The molecule has 124 valence electrons. The minimum atomic E-state index is -3.68. The molecule has 1 N–H and O–H groups in total. The number of piperazine rings is 1. The maximum atomic E-state index is 12.7. The van der Waals surface area contributed by atoms with Gasteiger partial charge in [-0.2, -0.15) is 4.31 Å². The highest BCUT2D eigenvalue weighted by Crippen LogP contribution is 2.26. The van der Waals surface area contributed by atoms with E-state index in [1.54, 1.807) is 23.1 Å². The molecule has 0 radical (unpaired) electrons. The van der Waals surface area contributed by atoms with Gasteiger partial charge >= 0.3 is 0 Å². The van der Waals surface area contributed by atoms with Crippen LogP contribution in [-0.4, -0.2) is 61.2 Å². The number of hydrogen-bond acceptors (Lipinski definition) is 4. The summed E-state index contributed by atoms with van der Waals surface area (Å²) < 4.78 is 26.6. The zero-order chi connectivity index (χ0) is 16.6. The summed E-state index contributed by atoms with van der Waals surface area (Å²) in [5, 5.41) is 2.80. The fourth-order valence-electron chi connectivity index (χ4n) is 3.25. The van der Waals surface area contributed by atoms with E-state index in [0.717, 1.165) is 0 Å². The van der Waals surface area contributed by atoms with E-state index in [1.807, 2.05) is 0 Å². The molecule has 23 heavy (non-hydrogen) atoms. The SMILES string of the molecule is CC(=O)N[C@H]1C[C@H]2CN(S(=O)(=O)c3ccccc3)CC(=O)N2C1. The molecule has 3 rings (SSSR count). The number of benzene rings is 1. The van der Waals surface area contributed by atoms with Crippen molar-refractivity contribution < 1.29 is 18.0 Å². The van der Waals surface area contributed by atoms with Crippen LogP contribution in [0.25, 0.3) is 0 Å². The van der Waals surface area contributed by atoms with Crippen LogP contribution in [0.2, 0.25) is 0 Å². The van der Waals surface area contributed by atoms with E-state index in [9.17, 15) is 18.0 Å². The molecule has 1 aromatic carbocycles. The van der Waals surface area contributed by atoms with Crippen molar-refractivity contribution in [2.45, 2.75) is 30.3 Å². The average molecular weight is 337 g/mol. The Bertz CT molecular complexity index is 719. The predicted octanol–water partition coefficient (Wildman–Crippen LogP) is -0.203. The predicted molar refractivity (Wildman–Crippen MR) is 82.9 cm³/mol. The Morgan fingerprint density at radius 1 is 1.22 bits per heavy atom. The van der Waals surface area contributed by atoms with Gasteiger partial charge in [0, 0.05) is 32.1 Å². The van der Waals surface area contributed by atoms with Crippen LogP contribution in [0.4, 0.5) is 0 Å². The van der Waals surface area contributed by atoms with Gasteiger partial charge < -0.3 is 10.2 Å². The summed E-state index contributed by atoms with van der Waals surface area (Å²) >= 11 is 0. The highest BCUT2D eigenvalue weighted by molar-refractivity contribution is 7.89. The fourth-order valence-corrected chi connectivity index (χ4v) is 4.70. The third kappa shape index (κ3) is 3.09. The average Bonchev–Trinajstić information content (AvgIpc) is 2.90. The molecule has 2 amide bonds. The largest absolute Gasteiger partial charge is 0.352 e. The highest BCUT2D eigenvalue weighted by Gasteiger charge is 2.43. The molecule has 0 aliphatic carbocycles. The summed E-state index contributed by atoms with van der Waals surface area (Å²) in [5.41, 5.74) is 0. The number of amides is 2. The van der Waals surface area contributed by atoms with Gasteiger partial charge in [0.2, 0.25) is 21.8 Å². The number of hydrogen-bond donors (Lipinski definition) is 1. The molecule has 0 aromatic heterocycles. The van der Waals surface area contributed by atoms with Gasteiger partial charge in [-0.15, -0.1) is 0 Å². The van der Waals surface area contributed by atoms with Gasteiger partial charge in [-0.05, 0) is 18.6 Å². The van der Waals surface area contributed by atoms with Gasteiger partial charge in [-0.3, -0.25) is 9.59 Å². The second-order valence-electron chi connectivity index (χ2n) is 5.94. The molecule has 8 heteroatoms. The maximum absolute atomic E-state index is 12.7. The number of sulfonamides is 1. The summed E-state index contributed by atoms with van der Waals surface area (Å²) in [7, 11) is -3.68. The van der Waals surface area contributed by atoms with Crippen LogP contribution in [-0.2, 0) is 19.6 Å². The van der Waals surface area contributed by atoms with Crippen LogP contribution in [0.3, 0.4) is 0 Å². The summed E-state index contributed by atoms with van der Waals surface area (Å²) in [6.45, 7) is 1.99. The minimum Gasteiger partial charge on any atom is -0.352 e. The zero-order valence-electron chi connectivity index (χ0n) is 12.8. The molecule has 2 saturated heterocycles. The first-order valence-electron chi connectivity index (χ1n) is 7.49. The summed E-state index contributed by atoms with van der Waals surface area (Å²) in [4.78, 5) is 25.3. The molecule has 0 saturated carbocycles. The summed E-state index contributed by atoms with van der Waals surface area (Å²) in [6.07, 6.45) is 0.576. The Morgan fingerprint density at radius 3 is 2.57 bits per heavy atom. The van der Waals surface area contributed by atoms with Crippen molar-refractivity contribution in [3.63, 3.8) is 0 Å². The van der Waals surface area contributed by atoms with Gasteiger partial charge in [-0.25, -0.2) is 8.42 Å². The molecule has 0 spiro atoms. The molecule has 2 fully saturated rings. The third-order valence-corrected chi connectivity index (χ3v) is 6.08. The number of nitrogens with one attached hydrogen (secondary N) is 1. The van der Waals surface area contributed by atoms with Crippen LogP contribution in [0, 0.1) is 0 Å². The first-order valence-corrected chi connectivity index (χ1v) is 8.93. The standard InChI is InChI=1S/C15H19N3O4S/c1-11(19)16-12-7-13-9-17(10-15(20)18(13)8-12)23(21,22)14-5-3-2-4-6-14/h2-6,12-13H,7-10H2,1H3,(H,16,19)/t12-,13-/m0/s1. The normalized spacial score (nSPS) is 25.3. The first-order chi connectivity index (χ1) is 10.9. The van der Waals surface area contributed by atoms with Crippen molar-refractivity contribution >= 4 is 21.8 Å². The molecule has 1 aromatic rings. The van der Waals surface area contributed by atoms with Crippen molar-refractivity contribution in [3.8, 4) is 0 Å². The molecule has 0 unspecified atom stereocenters. The highest BCUT2D eigenvalue weighted by atomic mass is 32.2. The van der Waals surface area contributed by atoms with E-state index in [1.165, 1.54) is 23.4 Å². The van der Waals surface area contributed by atoms with Gasteiger partial charge in [0.15, 0.2) is 0 Å². The number of carbonyl (C=O) groups is 2. The lowest BCUT2D eigenvalue weighted by Crippen LogP contribution is -2.55. The number of carbonyl (C=O) groups excluding carboxylic acids is 2. The van der Waals surface area contributed by atoms with Gasteiger partial charge in [0.25, 0.3) is 0 Å². The summed E-state index contributed by atoms with van der Waals surface area (Å²) in [5.74, 6) is -0.357. The molecule has 2 aliphatic heterocycles. The van der Waals surface area contributed by atoms with Crippen molar-refractivity contribution in [2.24, 2.45) is 0 Å². The number of fused-ring (bicyclic) bond motifs is 1. The van der Waals surface area contributed by atoms with Crippen LogP contribution in [0.1, 0.15) is 13.3 Å². The monoisotopic (exact) mass is 337 g/mol. The number of nitrogens with zero attached hydrogens (tertiary/aromatic N) is 2. The maximum Gasteiger partial charge on any atom is 0.243 e. The first kappa shape index (κ1) is 15.9. The fraction of sp³-hybridized carbons (Fsp3) is 0.467. The Labute approximate surface area is 135 Å². The quantitative estimate of drug-likeness (QED) is 0.827. The molecule has 7 nitrogen and oxygen atoms in total. The second-order valence-corrected chi connectivity index (χ2v) is 7.88. The second kappa shape index (κ2) is 5.93. The van der Waals surface area contributed by atoms with Gasteiger partial charge in [0.1, 0.15) is 0 Å². The van der Waals surface area contributed by atoms with Crippen molar-refractivity contribution in [1.29, 1.82) is 0 Å². The molecule has 2 aliphatic rings. The van der Waals surface area contributed by atoms with Crippen molar-refractivity contribution in [2.75, 3.05) is 19.6 Å². The summed E-state index contributed by atoms with van der Waals surface area (Å²) in [6, 6.07) is 7.83. The van der Waals surface area contributed by atoms with Crippen LogP contribution < -0.4 is 5.32 Å². The third-order valence-electron chi connectivity index (χ3n) is 4.25. The Morgan fingerprint density at radius 2 is 1.91 bits per heavy atom. The lowest BCUT2D eigenvalue weighted by Gasteiger charge is -2.36. The van der Waals surface area contributed by atoms with Crippen LogP contribution in [0.5, 0.6) is 0 Å². The van der Waals surface area contributed by atoms with E-state index in [4.69, 9.17) is 0 Å². The zero-order valence-corrected chi connectivity index (χ0v) is 13.6. The Kier molecular flexibility index (Phi) is 4.11. The number of rotatable bonds is 3. The molecule has 0 bridgehead atoms. The lowest BCUT2D eigenvalue weighted by molar-refractivity contribution is -0.135. The van der Waals surface area contributed by atoms with E-state index in [-0.39, 0.29) is 41.9 Å². The Balaban J connectivity index is 1.78. The Hall–Kier alpha value is -1.93. The van der Waals surface area contributed by atoms with Crippen LogP contribution >= 0.6 is 0 Å². The van der Waals surface area contributed by atoms with E-state index >= 15 is 0 Å². The van der Waals surface area contributed by atoms with Gasteiger partial charge in [0.05, 0.1) is 11.4 Å². The van der Waals surface area contributed by atoms with E-state index in [2.05, 4.69) is 5.32 Å². The smallest absolute Gasteiger partial charge is 0.243 e. The van der Waals surface area contributed by atoms with Crippen LogP contribution in [0.15, 0.2) is 35.2 Å². The molecular weight excluding hydrogens is 318 g/mol.